The maximum atomic E-state index is 5.52. The third-order valence-corrected chi connectivity index (χ3v) is 1.69. The van der Waals surface area contributed by atoms with E-state index in [2.05, 4.69) is 27.4 Å². The van der Waals surface area contributed by atoms with E-state index in [1.54, 1.807) is 6.08 Å². The van der Waals surface area contributed by atoms with Crippen LogP contribution in [0.4, 0.5) is 0 Å². The van der Waals surface area contributed by atoms with E-state index in [4.69, 9.17) is 4.74 Å². The van der Waals surface area contributed by atoms with Crippen LogP contribution in [0.3, 0.4) is 0 Å². The first kappa shape index (κ1) is 11.3. The second kappa shape index (κ2) is 6.96. The zero-order chi connectivity index (χ0) is 9.40. The summed E-state index contributed by atoms with van der Waals surface area (Å²) in [6.45, 7) is 10.9. The summed E-state index contributed by atoms with van der Waals surface area (Å²) in [5, 5.41) is 0. The fourth-order valence-corrected chi connectivity index (χ4v) is 1.07. The molecule has 0 bridgehead atoms. The predicted molar refractivity (Wildman–Crippen MR) is 54.0 cm³/mol. The molecule has 0 saturated carbocycles. The molecule has 0 aliphatic rings. The van der Waals surface area contributed by atoms with E-state index in [1.165, 1.54) is 12.0 Å². The molecule has 1 nitrogen and oxygen atoms in total. The van der Waals surface area contributed by atoms with E-state index < -0.39 is 0 Å². The van der Waals surface area contributed by atoms with Gasteiger partial charge in [0.15, 0.2) is 0 Å². The minimum atomic E-state index is 0.794. The Bertz CT molecular complexity index is 156. The van der Waals surface area contributed by atoms with E-state index >= 15 is 0 Å². The highest BCUT2D eigenvalue weighted by Crippen LogP contribution is 2.12. The van der Waals surface area contributed by atoms with Crippen molar-refractivity contribution >= 4 is 0 Å². The molecule has 0 unspecified atom stereocenters. The summed E-state index contributed by atoms with van der Waals surface area (Å²) in [4.78, 5) is 0. The van der Waals surface area contributed by atoms with Gasteiger partial charge >= 0.3 is 0 Å². The molecule has 0 radical (unpaired) electrons. The van der Waals surface area contributed by atoms with Crippen LogP contribution in [-0.4, -0.2) is 6.61 Å². The van der Waals surface area contributed by atoms with Gasteiger partial charge in [0.2, 0.25) is 0 Å². The molecule has 0 heterocycles. The molecule has 0 atom stereocenters. The van der Waals surface area contributed by atoms with Crippen LogP contribution in [0, 0.1) is 0 Å². The molecule has 0 aromatic carbocycles. The van der Waals surface area contributed by atoms with Crippen LogP contribution in [0.25, 0.3) is 0 Å². The zero-order valence-corrected chi connectivity index (χ0v) is 8.52. The molecule has 0 aromatic rings. The van der Waals surface area contributed by atoms with Crippen LogP contribution < -0.4 is 0 Å². The summed E-state index contributed by atoms with van der Waals surface area (Å²) in [5.41, 5.74) is 1.31. The van der Waals surface area contributed by atoms with Crippen LogP contribution in [0.2, 0.25) is 0 Å². The molecule has 12 heavy (non-hydrogen) atoms. The van der Waals surface area contributed by atoms with E-state index in [1.807, 2.05) is 0 Å². The topological polar surface area (TPSA) is 9.23 Å². The van der Waals surface area contributed by atoms with Crippen LogP contribution in [0.1, 0.15) is 40.0 Å². The van der Waals surface area contributed by atoms with E-state index in [0.717, 1.165) is 25.2 Å². The highest BCUT2D eigenvalue weighted by Gasteiger charge is 1.97. The van der Waals surface area contributed by atoms with Crippen LogP contribution in [0.15, 0.2) is 24.0 Å². The summed E-state index contributed by atoms with van der Waals surface area (Å²) in [6, 6.07) is 0. The standard InChI is InChI=1S/C11H20O/c1-5-8-10(4)11(7-3)12-9-6-2/h7H,3,5-6,8-9H2,1-2,4H3/b11-10+. The first-order chi connectivity index (χ1) is 5.76. The van der Waals surface area contributed by atoms with Crippen molar-refractivity contribution in [1.82, 2.24) is 0 Å². The maximum absolute atomic E-state index is 5.52. The van der Waals surface area contributed by atoms with Gasteiger partial charge in [-0.2, -0.15) is 0 Å². The predicted octanol–water partition coefficient (Wildman–Crippen LogP) is 3.67. The molecule has 0 fully saturated rings. The first-order valence-corrected chi connectivity index (χ1v) is 4.71. The van der Waals surface area contributed by atoms with Crippen LogP contribution in [0.5, 0.6) is 0 Å². The molecule has 70 valence electrons. The number of rotatable bonds is 6. The molecular weight excluding hydrogens is 148 g/mol. The van der Waals surface area contributed by atoms with Gasteiger partial charge in [0, 0.05) is 0 Å². The van der Waals surface area contributed by atoms with Crippen molar-refractivity contribution in [2.45, 2.75) is 40.0 Å². The highest BCUT2D eigenvalue weighted by atomic mass is 16.5. The van der Waals surface area contributed by atoms with Gasteiger partial charge < -0.3 is 4.74 Å². The molecule has 0 N–H and O–H groups in total. The number of ether oxygens (including phenoxy) is 1. The summed E-state index contributed by atoms with van der Waals surface area (Å²) in [6.07, 6.45) is 5.13. The molecule has 0 rings (SSSR count). The smallest absolute Gasteiger partial charge is 0.117 e. The Labute approximate surface area is 76.1 Å². The summed E-state index contributed by atoms with van der Waals surface area (Å²) >= 11 is 0. The minimum Gasteiger partial charge on any atom is -0.494 e. The lowest BCUT2D eigenvalue weighted by Crippen LogP contribution is -1.94. The molecule has 0 aromatic heterocycles. The molecule has 0 aliphatic heterocycles. The largest absolute Gasteiger partial charge is 0.494 e. The van der Waals surface area contributed by atoms with Crippen molar-refractivity contribution in [3.05, 3.63) is 24.0 Å². The lowest BCUT2D eigenvalue weighted by Gasteiger charge is -2.08. The van der Waals surface area contributed by atoms with Gasteiger partial charge in [-0.15, -0.1) is 0 Å². The summed E-state index contributed by atoms with van der Waals surface area (Å²) in [5.74, 6) is 0.971. The van der Waals surface area contributed by atoms with Gasteiger partial charge in [0.25, 0.3) is 0 Å². The minimum absolute atomic E-state index is 0.794. The Hall–Kier alpha value is -0.720. The summed E-state index contributed by atoms with van der Waals surface area (Å²) < 4.78 is 5.52. The Morgan fingerprint density at radius 1 is 1.33 bits per heavy atom. The quantitative estimate of drug-likeness (QED) is 0.434. The molecular formula is C11H20O. The zero-order valence-electron chi connectivity index (χ0n) is 8.52. The monoisotopic (exact) mass is 168 g/mol. The average Bonchev–Trinajstić information content (AvgIpc) is 2.06. The molecule has 0 saturated heterocycles. The van der Waals surface area contributed by atoms with Gasteiger partial charge in [-0.1, -0.05) is 26.8 Å². The highest BCUT2D eigenvalue weighted by molar-refractivity contribution is 5.16. The fraction of sp³-hybridized carbons (Fsp3) is 0.636. The molecule has 0 aliphatic carbocycles. The van der Waals surface area contributed by atoms with E-state index in [9.17, 15) is 0 Å². The van der Waals surface area contributed by atoms with Gasteiger partial charge in [-0.3, -0.25) is 0 Å². The average molecular weight is 168 g/mol. The summed E-state index contributed by atoms with van der Waals surface area (Å²) in [7, 11) is 0. The first-order valence-electron chi connectivity index (χ1n) is 4.71. The second-order valence-electron chi connectivity index (χ2n) is 2.95. The number of hydrogen-bond donors (Lipinski definition) is 0. The fourth-order valence-electron chi connectivity index (χ4n) is 1.07. The molecule has 0 amide bonds. The van der Waals surface area contributed by atoms with E-state index in [-0.39, 0.29) is 0 Å². The Kier molecular flexibility index (Phi) is 6.54. The van der Waals surface area contributed by atoms with Crippen LogP contribution >= 0.6 is 0 Å². The Morgan fingerprint density at radius 2 is 2.00 bits per heavy atom. The number of allylic oxidation sites excluding steroid dienone is 2. The van der Waals surface area contributed by atoms with Crippen molar-refractivity contribution in [3.63, 3.8) is 0 Å². The molecule has 0 spiro atoms. The lowest BCUT2D eigenvalue weighted by atomic mass is 10.1. The van der Waals surface area contributed by atoms with E-state index in [0.29, 0.717) is 0 Å². The third kappa shape index (κ3) is 4.22. The van der Waals surface area contributed by atoms with Gasteiger partial charge in [0.05, 0.1) is 6.61 Å². The van der Waals surface area contributed by atoms with Crippen molar-refractivity contribution < 1.29 is 4.74 Å². The van der Waals surface area contributed by atoms with Crippen molar-refractivity contribution in [1.29, 1.82) is 0 Å². The SMILES string of the molecule is C=C/C(OCCC)=C(/C)CCC. The second-order valence-corrected chi connectivity index (χ2v) is 2.95. The molecule has 1 heteroatoms. The number of hydrogen-bond acceptors (Lipinski definition) is 1. The van der Waals surface area contributed by atoms with Crippen LogP contribution in [-0.2, 0) is 4.74 Å². The van der Waals surface area contributed by atoms with Gasteiger partial charge in [-0.25, -0.2) is 0 Å². The third-order valence-electron chi connectivity index (χ3n) is 1.69. The van der Waals surface area contributed by atoms with Gasteiger partial charge in [0.1, 0.15) is 5.76 Å². The Morgan fingerprint density at radius 3 is 2.42 bits per heavy atom. The van der Waals surface area contributed by atoms with Crippen molar-refractivity contribution in [3.8, 4) is 0 Å². The normalized spacial score (nSPS) is 12.2. The lowest BCUT2D eigenvalue weighted by molar-refractivity contribution is 0.220. The Balaban J connectivity index is 4.08. The van der Waals surface area contributed by atoms with Gasteiger partial charge in [-0.05, 0) is 31.4 Å². The maximum Gasteiger partial charge on any atom is 0.117 e. The van der Waals surface area contributed by atoms with Crippen molar-refractivity contribution in [2.75, 3.05) is 6.61 Å². The van der Waals surface area contributed by atoms with Crippen molar-refractivity contribution in [2.24, 2.45) is 0 Å².